The van der Waals surface area contributed by atoms with Crippen molar-refractivity contribution in [1.82, 2.24) is 24.6 Å². The Hall–Kier alpha value is -2.09. The highest BCUT2D eigenvalue weighted by Crippen LogP contribution is 2.32. The lowest BCUT2D eigenvalue weighted by molar-refractivity contribution is -0.134. The molecule has 0 aromatic carbocycles. The van der Waals surface area contributed by atoms with Crippen LogP contribution in [0.4, 0.5) is 0 Å². The number of rotatable bonds is 4. The van der Waals surface area contributed by atoms with Crippen molar-refractivity contribution in [3.8, 4) is 5.88 Å². The number of thioether (sulfide) groups is 1. The second-order valence-electron chi connectivity index (χ2n) is 6.29. The molecule has 2 aliphatic heterocycles. The van der Waals surface area contributed by atoms with Crippen LogP contribution in [-0.4, -0.2) is 48.1 Å². The van der Waals surface area contributed by atoms with Crippen molar-refractivity contribution >= 4 is 17.7 Å². The van der Waals surface area contributed by atoms with Crippen molar-refractivity contribution in [2.45, 2.75) is 44.2 Å². The first kappa shape index (κ1) is 16.4. The largest absolute Gasteiger partial charge is 0.469 e. The lowest BCUT2D eigenvalue weighted by Crippen LogP contribution is -2.44. The van der Waals surface area contributed by atoms with Crippen LogP contribution in [0.25, 0.3) is 0 Å². The first-order valence-electron chi connectivity index (χ1n) is 8.62. The number of pyridine rings is 1. The summed E-state index contributed by atoms with van der Waals surface area (Å²) in [5, 5.41) is 8.71. The molecular weight excluding hydrogens is 338 g/mol. The molecule has 2 aromatic rings. The van der Waals surface area contributed by atoms with E-state index in [1.807, 2.05) is 30.0 Å². The number of nitrogens with zero attached hydrogens (tertiary/aromatic N) is 5. The summed E-state index contributed by atoms with van der Waals surface area (Å²) in [4.78, 5) is 18.9. The zero-order chi connectivity index (χ0) is 17.2. The van der Waals surface area contributed by atoms with Gasteiger partial charge in [-0.2, -0.15) is 0 Å². The normalized spacial score (nSPS) is 22.7. The topological polar surface area (TPSA) is 73.1 Å². The van der Waals surface area contributed by atoms with Crippen molar-refractivity contribution in [2.75, 3.05) is 12.3 Å². The van der Waals surface area contributed by atoms with Gasteiger partial charge in [0.25, 0.3) is 0 Å². The Morgan fingerprint density at radius 2 is 2.28 bits per heavy atom. The number of hydrogen-bond acceptors (Lipinski definition) is 6. The quantitative estimate of drug-likeness (QED) is 0.832. The van der Waals surface area contributed by atoms with Gasteiger partial charge in [0, 0.05) is 25.4 Å². The zero-order valence-electron chi connectivity index (χ0n) is 14.2. The van der Waals surface area contributed by atoms with Crippen LogP contribution in [-0.2, 0) is 17.9 Å². The third-order valence-electron chi connectivity index (χ3n) is 4.74. The van der Waals surface area contributed by atoms with Gasteiger partial charge in [-0.05, 0) is 31.6 Å². The molecule has 2 atom stereocenters. The molecule has 4 heterocycles. The molecule has 0 spiro atoms. The van der Waals surface area contributed by atoms with Gasteiger partial charge in [-0.1, -0.05) is 6.07 Å². The van der Waals surface area contributed by atoms with E-state index in [0.29, 0.717) is 25.6 Å². The smallest absolute Gasteiger partial charge is 0.236 e. The number of carbonyl (C=O) groups excluding carboxylic acids is 1. The molecule has 4 rings (SSSR count). The molecule has 0 aliphatic carbocycles. The van der Waals surface area contributed by atoms with E-state index in [2.05, 4.69) is 19.7 Å². The van der Waals surface area contributed by atoms with Crippen molar-refractivity contribution < 1.29 is 9.53 Å². The minimum absolute atomic E-state index is 0.0569. The number of ether oxygens (including phenoxy) is 1. The maximum absolute atomic E-state index is 12.8. The van der Waals surface area contributed by atoms with Gasteiger partial charge in [-0.3, -0.25) is 4.79 Å². The molecule has 0 radical (unpaired) electrons. The van der Waals surface area contributed by atoms with E-state index >= 15 is 0 Å². The van der Waals surface area contributed by atoms with E-state index in [0.717, 1.165) is 30.2 Å². The summed E-state index contributed by atoms with van der Waals surface area (Å²) < 4.78 is 7.76. The number of aromatic nitrogens is 4. The van der Waals surface area contributed by atoms with Gasteiger partial charge < -0.3 is 14.2 Å². The third kappa shape index (κ3) is 3.22. The van der Waals surface area contributed by atoms with E-state index in [-0.39, 0.29) is 17.2 Å². The molecule has 25 heavy (non-hydrogen) atoms. The molecule has 0 unspecified atom stereocenters. The van der Waals surface area contributed by atoms with Gasteiger partial charge in [0.1, 0.15) is 6.61 Å². The predicted molar refractivity (Wildman–Crippen MR) is 94.2 cm³/mol. The van der Waals surface area contributed by atoms with E-state index in [4.69, 9.17) is 4.74 Å². The third-order valence-corrected chi connectivity index (χ3v) is 6.10. The fourth-order valence-corrected chi connectivity index (χ4v) is 4.61. The zero-order valence-corrected chi connectivity index (χ0v) is 15.0. The van der Waals surface area contributed by atoms with Crippen molar-refractivity contribution in [1.29, 1.82) is 0 Å². The summed E-state index contributed by atoms with van der Waals surface area (Å²) in [6.45, 7) is 3.75. The Kier molecular flexibility index (Phi) is 4.61. The highest BCUT2D eigenvalue weighted by atomic mass is 32.2. The Balaban J connectivity index is 1.46. The molecule has 132 valence electrons. The summed E-state index contributed by atoms with van der Waals surface area (Å²) in [7, 11) is 0. The Bertz CT molecular complexity index is 745. The molecule has 1 fully saturated rings. The van der Waals surface area contributed by atoms with E-state index in [1.165, 1.54) is 0 Å². The van der Waals surface area contributed by atoms with Crippen LogP contribution in [0.2, 0.25) is 0 Å². The number of carbonyl (C=O) groups is 1. The molecule has 1 saturated heterocycles. The minimum atomic E-state index is -0.0569. The van der Waals surface area contributed by atoms with Crippen molar-refractivity contribution in [3.63, 3.8) is 0 Å². The van der Waals surface area contributed by atoms with Gasteiger partial charge in [0.05, 0.1) is 11.3 Å². The number of hydrogen-bond donors (Lipinski definition) is 0. The highest BCUT2D eigenvalue weighted by Gasteiger charge is 2.35. The fourth-order valence-electron chi connectivity index (χ4n) is 3.38. The molecule has 8 heteroatoms. The lowest BCUT2D eigenvalue weighted by Gasteiger charge is -2.35. The van der Waals surface area contributed by atoms with Crippen LogP contribution in [0.15, 0.2) is 24.4 Å². The van der Waals surface area contributed by atoms with Gasteiger partial charge in [0.15, 0.2) is 11.6 Å². The summed E-state index contributed by atoms with van der Waals surface area (Å²) in [5.41, 5.74) is 0. The van der Waals surface area contributed by atoms with Crippen LogP contribution in [0.1, 0.15) is 37.5 Å². The Morgan fingerprint density at radius 3 is 3.04 bits per heavy atom. The van der Waals surface area contributed by atoms with Crippen LogP contribution in [0.5, 0.6) is 5.88 Å². The molecule has 1 amide bonds. The minimum Gasteiger partial charge on any atom is -0.469 e. The molecular formula is C17H21N5O2S. The van der Waals surface area contributed by atoms with Crippen LogP contribution >= 0.6 is 11.8 Å². The van der Waals surface area contributed by atoms with Crippen LogP contribution < -0.4 is 4.74 Å². The van der Waals surface area contributed by atoms with Gasteiger partial charge in [-0.15, -0.1) is 22.0 Å². The molecule has 0 saturated carbocycles. The SMILES string of the molecule is C[C@@H]1c2nnc(COc3ccccn3)n2CCN1C(=O)[C@@H]1CCCS1. The average Bonchev–Trinajstić information content (AvgIpc) is 3.31. The maximum atomic E-state index is 12.8. The van der Waals surface area contributed by atoms with Crippen LogP contribution in [0.3, 0.4) is 0 Å². The maximum Gasteiger partial charge on any atom is 0.236 e. The lowest BCUT2D eigenvalue weighted by atomic mass is 10.1. The van der Waals surface area contributed by atoms with Gasteiger partial charge in [0.2, 0.25) is 11.8 Å². The summed E-state index contributed by atoms with van der Waals surface area (Å²) in [6.07, 6.45) is 3.82. The standard InChI is InChI=1S/C17H21N5O2S/c1-12-16-20-19-14(11-24-15-6-2-3-7-18-15)22(16)9-8-21(12)17(23)13-5-4-10-25-13/h2-3,6-7,12-13H,4-5,8-11H2,1H3/t12-,13+/m1/s1. The fraction of sp³-hybridized carbons (Fsp3) is 0.529. The molecule has 2 aromatic heterocycles. The van der Waals surface area contributed by atoms with Crippen molar-refractivity contribution in [2.24, 2.45) is 0 Å². The summed E-state index contributed by atoms with van der Waals surface area (Å²) in [6, 6.07) is 5.49. The van der Waals surface area contributed by atoms with E-state index in [9.17, 15) is 4.79 Å². The Morgan fingerprint density at radius 1 is 1.36 bits per heavy atom. The van der Waals surface area contributed by atoms with Gasteiger partial charge >= 0.3 is 0 Å². The molecule has 7 nitrogen and oxygen atoms in total. The predicted octanol–water partition coefficient (Wildman–Crippen LogP) is 2.05. The number of fused-ring (bicyclic) bond motifs is 1. The first-order valence-corrected chi connectivity index (χ1v) is 9.67. The molecule has 0 N–H and O–H groups in total. The second-order valence-corrected chi connectivity index (χ2v) is 7.60. The van der Waals surface area contributed by atoms with Gasteiger partial charge in [-0.25, -0.2) is 4.98 Å². The molecule has 2 aliphatic rings. The monoisotopic (exact) mass is 359 g/mol. The van der Waals surface area contributed by atoms with Crippen molar-refractivity contribution in [3.05, 3.63) is 36.0 Å². The first-order chi connectivity index (χ1) is 12.2. The Labute approximate surface area is 150 Å². The number of amides is 1. The van der Waals surface area contributed by atoms with E-state index < -0.39 is 0 Å². The van der Waals surface area contributed by atoms with E-state index in [1.54, 1.807) is 18.0 Å². The summed E-state index contributed by atoms with van der Waals surface area (Å²) in [5.74, 6) is 3.51. The highest BCUT2D eigenvalue weighted by molar-refractivity contribution is 8.00. The molecule has 0 bridgehead atoms. The average molecular weight is 359 g/mol. The second kappa shape index (κ2) is 7.03. The van der Waals surface area contributed by atoms with Crippen LogP contribution in [0, 0.1) is 0 Å². The summed E-state index contributed by atoms with van der Waals surface area (Å²) >= 11 is 1.78.